The van der Waals surface area contributed by atoms with Crippen molar-refractivity contribution in [3.8, 4) is 0 Å². The number of hydrogen-bond donors (Lipinski definition) is 2. The first-order valence-electron chi connectivity index (χ1n) is 4.83. The highest BCUT2D eigenvalue weighted by Crippen LogP contribution is 2.29. The van der Waals surface area contributed by atoms with Crippen molar-refractivity contribution in [2.45, 2.75) is 24.9 Å². The van der Waals surface area contributed by atoms with E-state index in [1.807, 2.05) is 4.98 Å². The van der Waals surface area contributed by atoms with Crippen LogP contribution in [0.2, 0.25) is 0 Å². The van der Waals surface area contributed by atoms with Crippen LogP contribution in [0.1, 0.15) is 12.6 Å². The average Bonchev–Trinajstić information content (AvgIpc) is 2.60. The van der Waals surface area contributed by atoms with Crippen LogP contribution in [-0.2, 0) is 4.74 Å². The number of ether oxygens (including phenoxy) is 1. The van der Waals surface area contributed by atoms with Gasteiger partial charge in [-0.25, -0.2) is 9.18 Å². The summed E-state index contributed by atoms with van der Waals surface area (Å²) in [6, 6.07) is 1.11. The lowest BCUT2D eigenvalue weighted by atomic mass is 10.2. The Morgan fingerprint density at radius 2 is 2.38 bits per heavy atom. The maximum atomic E-state index is 13.5. The van der Waals surface area contributed by atoms with Gasteiger partial charge >= 0.3 is 5.69 Å². The average molecular weight is 230 g/mol. The van der Waals surface area contributed by atoms with Crippen molar-refractivity contribution in [3.05, 3.63) is 33.1 Å². The predicted molar refractivity (Wildman–Crippen MR) is 51.8 cm³/mol. The highest BCUT2D eigenvalue weighted by Gasteiger charge is 2.36. The zero-order valence-electron chi connectivity index (χ0n) is 8.30. The first-order valence-corrected chi connectivity index (χ1v) is 4.83. The summed E-state index contributed by atoms with van der Waals surface area (Å²) in [6.07, 6.45) is -1.86. The molecular weight excluding hydrogens is 219 g/mol. The lowest BCUT2D eigenvalue weighted by molar-refractivity contribution is -0.0394. The highest BCUT2D eigenvalue weighted by atomic mass is 19.1. The maximum absolute atomic E-state index is 13.5. The second-order valence-corrected chi connectivity index (χ2v) is 3.60. The number of halogens is 1. The molecule has 1 aliphatic rings. The molecule has 0 amide bonds. The topological polar surface area (TPSA) is 84.3 Å². The molecule has 0 saturated carbocycles. The SMILES string of the molecule is O=c1ccn([C@H]2O[C@@H](CO)C[C@H]2F)c(=O)[nH]1. The fourth-order valence-corrected chi connectivity index (χ4v) is 1.69. The number of aliphatic hydroxyl groups excluding tert-OH is 1. The number of aromatic nitrogens is 2. The maximum Gasteiger partial charge on any atom is 0.330 e. The fourth-order valence-electron chi connectivity index (χ4n) is 1.69. The Hall–Kier alpha value is -1.47. The van der Waals surface area contributed by atoms with Crippen molar-refractivity contribution >= 4 is 0 Å². The molecule has 0 radical (unpaired) electrons. The van der Waals surface area contributed by atoms with Gasteiger partial charge in [-0.05, 0) is 0 Å². The summed E-state index contributed by atoms with van der Waals surface area (Å²) in [5.74, 6) is 0. The van der Waals surface area contributed by atoms with Crippen LogP contribution in [0.25, 0.3) is 0 Å². The molecule has 2 rings (SSSR count). The normalized spacial score (nSPS) is 29.5. The Labute approximate surface area is 89.3 Å². The third-order valence-electron chi connectivity index (χ3n) is 2.46. The third-order valence-corrected chi connectivity index (χ3v) is 2.46. The van der Waals surface area contributed by atoms with Gasteiger partial charge in [0.1, 0.15) is 6.17 Å². The van der Waals surface area contributed by atoms with Gasteiger partial charge in [0.2, 0.25) is 0 Å². The van der Waals surface area contributed by atoms with E-state index in [0.29, 0.717) is 0 Å². The van der Waals surface area contributed by atoms with E-state index in [0.717, 1.165) is 10.6 Å². The molecule has 3 atom stereocenters. The molecular formula is C9H11FN2O4. The van der Waals surface area contributed by atoms with Crippen LogP contribution in [0.4, 0.5) is 4.39 Å². The second kappa shape index (κ2) is 4.18. The Balaban J connectivity index is 2.31. The van der Waals surface area contributed by atoms with Gasteiger partial charge in [-0.3, -0.25) is 14.3 Å². The number of aliphatic hydroxyl groups is 1. The molecule has 0 bridgehead atoms. The molecule has 1 saturated heterocycles. The van der Waals surface area contributed by atoms with E-state index in [-0.39, 0.29) is 13.0 Å². The fraction of sp³-hybridized carbons (Fsp3) is 0.556. The molecule has 1 aromatic rings. The lowest BCUT2D eigenvalue weighted by Gasteiger charge is -2.15. The van der Waals surface area contributed by atoms with E-state index in [1.54, 1.807) is 0 Å². The van der Waals surface area contributed by atoms with Crippen LogP contribution >= 0.6 is 0 Å². The van der Waals surface area contributed by atoms with E-state index in [2.05, 4.69) is 0 Å². The summed E-state index contributed by atoms with van der Waals surface area (Å²) in [7, 11) is 0. The monoisotopic (exact) mass is 230 g/mol. The largest absolute Gasteiger partial charge is 0.394 e. The number of nitrogens with one attached hydrogen (secondary N) is 1. The van der Waals surface area contributed by atoms with Crippen molar-refractivity contribution in [3.63, 3.8) is 0 Å². The van der Waals surface area contributed by atoms with Gasteiger partial charge in [0.05, 0.1) is 12.7 Å². The zero-order chi connectivity index (χ0) is 11.7. The highest BCUT2D eigenvalue weighted by molar-refractivity contribution is 4.88. The molecule has 0 spiro atoms. The van der Waals surface area contributed by atoms with Crippen molar-refractivity contribution < 1.29 is 14.2 Å². The molecule has 1 aromatic heterocycles. The minimum Gasteiger partial charge on any atom is -0.394 e. The van der Waals surface area contributed by atoms with Crippen LogP contribution < -0.4 is 11.2 Å². The van der Waals surface area contributed by atoms with Crippen molar-refractivity contribution in [2.24, 2.45) is 0 Å². The number of rotatable bonds is 2. The van der Waals surface area contributed by atoms with E-state index in [1.165, 1.54) is 6.20 Å². The Kier molecular flexibility index (Phi) is 2.88. The second-order valence-electron chi connectivity index (χ2n) is 3.60. The Bertz CT molecular complexity index is 483. The van der Waals surface area contributed by atoms with Crippen molar-refractivity contribution in [2.75, 3.05) is 6.61 Å². The molecule has 2 heterocycles. The molecule has 2 N–H and O–H groups in total. The molecule has 1 fully saturated rings. The quantitative estimate of drug-likeness (QED) is 0.693. The Morgan fingerprint density at radius 3 is 2.94 bits per heavy atom. The standard InChI is InChI=1S/C9H11FN2O4/c10-6-3-5(4-13)16-8(6)12-2-1-7(14)11-9(12)15/h1-2,5-6,8,13H,3-4H2,(H,11,14,15)/t5-,6-,8+/m1/s1. The van der Waals surface area contributed by atoms with E-state index < -0.39 is 29.8 Å². The third kappa shape index (κ3) is 1.91. The molecule has 1 aliphatic heterocycles. The van der Waals surface area contributed by atoms with Gasteiger partial charge in [-0.2, -0.15) is 0 Å². The first-order chi connectivity index (χ1) is 7.61. The predicted octanol–water partition coefficient (Wildman–Crippen LogP) is -0.846. The van der Waals surface area contributed by atoms with E-state index in [9.17, 15) is 14.0 Å². The van der Waals surface area contributed by atoms with Crippen molar-refractivity contribution in [1.29, 1.82) is 0 Å². The van der Waals surface area contributed by atoms with Crippen LogP contribution in [0.15, 0.2) is 21.9 Å². The van der Waals surface area contributed by atoms with Gasteiger partial charge in [0.25, 0.3) is 5.56 Å². The van der Waals surface area contributed by atoms with Gasteiger partial charge in [-0.1, -0.05) is 0 Å². The molecule has 6 nitrogen and oxygen atoms in total. The number of alkyl halides is 1. The van der Waals surface area contributed by atoms with Crippen LogP contribution in [0, 0.1) is 0 Å². The number of nitrogens with zero attached hydrogens (tertiary/aromatic N) is 1. The number of H-pyrrole nitrogens is 1. The molecule has 88 valence electrons. The number of hydrogen-bond acceptors (Lipinski definition) is 4. The van der Waals surface area contributed by atoms with E-state index in [4.69, 9.17) is 9.84 Å². The summed E-state index contributed by atoms with van der Waals surface area (Å²) in [5.41, 5.74) is -1.27. The van der Waals surface area contributed by atoms with Crippen molar-refractivity contribution in [1.82, 2.24) is 9.55 Å². The van der Waals surface area contributed by atoms with Gasteiger partial charge in [-0.15, -0.1) is 0 Å². The summed E-state index contributed by atoms with van der Waals surface area (Å²) in [6.45, 7) is -0.297. The Morgan fingerprint density at radius 1 is 1.62 bits per heavy atom. The molecule has 0 aliphatic carbocycles. The minimum atomic E-state index is -1.37. The van der Waals surface area contributed by atoms with Crippen LogP contribution in [0.3, 0.4) is 0 Å². The van der Waals surface area contributed by atoms with Gasteiger partial charge < -0.3 is 9.84 Å². The summed E-state index contributed by atoms with van der Waals surface area (Å²) in [4.78, 5) is 24.2. The summed E-state index contributed by atoms with van der Waals surface area (Å²) < 4.78 is 19.6. The van der Waals surface area contributed by atoms with Gasteiger partial charge in [0, 0.05) is 18.7 Å². The summed E-state index contributed by atoms with van der Waals surface area (Å²) in [5, 5.41) is 8.83. The van der Waals surface area contributed by atoms with Crippen LogP contribution in [0.5, 0.6) is 0 Å². The smallest absolute Gasteiger partial charge is 0.330 e. The minimum absolute atomic E-state index is 0.0345. The first kappa shape index (κ1) is 11.0. The van der Waals surface area contributed by atoms with E-state index >= 15 is 0 Å². The van der Waals surface area contributed by atoms with Crippen LogP contribution in [-0.4, -0.2) is 33.5 Å². The molecule has 0 unspecified atom stereocenters. The molecule has 16 heavy (non-hydrogen) atoms. The lowest BCUT2D eigenvalue weighted by Crippen LogP contribution is -2.34. The molecule has 0 aromatic carbocycles. The molecule has 7 heteroatoms. The van der Waals surface area contributed by atoms with Gasteiger partial charge in [0.15, 0.2) is 6.23 Å². The summed E-state index contributed by atoms with van der Waals surface area (Å²) >= 11 is 0. The number of aromatic amines is 1. The zero-order valence-corrected chi connectivity index (χ0v) is 8.30.